The second-order valence-corrected chi connectivity index (χ2v) is 6.23. The molecule has 24 heavy (non-hydrogen) atoms. The first-order chi connectivity index (χ1) is 11.8. The van der Waals surface area contributed by atoms with E-state index in [1.165, 1.54) is 77.6 Å². The number of methoxy groups -OCH3 is 1. The summed E-state index contributed by atoms with van der Waals surface area (Å²) in [5, 5.41) is 0. The van der Waals surface area contributed by atoms with Crippen molar-refractivity contribution in [2.75, 3.05) is 13.7 Å². The summed E-state index contributed by atoms with van der Waals surface area (Å²) in [6, 6.07) is 0. The van der Waals surface area contributed by atoms with Crippen molar-refractivity contribution in [1.29, 1.82) is 0 Å². The summed E-state index contributed by atoms with van der Waals surface area (Å²) in [6.45, 7) is 2.83. The lowest BCUT2D eigenvalue weighted by Gasteiger charge is -2.03. The van der Waals surface area contributed by atoms with Gasteiger partial charge in [0.2, 0.25) is 0 Å². The average Bonchev–Trinajstić information content (AvgIpc) is 3.07. The van der Waals surface area contributed by atoms with Crippen molar-refractivity contribution < 1.29 is 18.7 Å². The van der Waals surface area contributed by atoms with E-state index in [0.717, 1.165) is 12.8 Å². The topological polar surface area (TPSA) is 61.6 Å². The molecule has 0 unspecified atom stereocenters. The Kier molecular flexibility index (Phi) is 11.9. The molecule has 1 aromatic heterocycles. The van der Waals surface area contributed by atoms with Gasteiger partial charge < -0.3 is 13.9 Å². The molecule has 0 bridgehead atoms. The number of aromatic nitrogens is 1. The van der Waals surface area contributed by atoms with Gasteiger partial charge >= 0.3 is 12.0 Å². The van der Waals surface area contributed by atoms with Crippen molar-refractivity contribution in [3.05, 3.63) is 12.0 Å². The van der Waals surface area contributed by atoms with Gasteiger partial charge in [-0.15, -0.1) is 0 Å². The number of rotatable bonds is 15. The van der Waals surface area contributed by atoms with Crippen LogP contribution in [-0.4, -0.2) is 24.7 Å². The third-order valence-corrected chi connectivity index (χ3v) is 4.10. The molecule has 0 atom stereocenters. The van der Waals surface area contributed by atoms with Gasteiger partial charge in [-0.3, -0.25) is 0 Å². The first-order valence-electron chi connectivity index (χ1n) is 9.44. The van der Waals surface area contributed by atoms with E-state index < -0.39 is 5.97 Å². The zero-order valence-electron chi connectivity index (χ0n) is 15.3. The zero-order valence-corrected chi connectivity index (χ0v) is 15.3. The maximum atomic E-state index is 11.2. The second-order valence-electron chi connectivity index (χ2n) is 6.23. The lowest BCUT2D eigenvalue weighted by Crippen LogP contribution is -2.02. The van der Waals surface area contributed by atoms with Crippen LogP contribution in [0.4, 0.5) is 0 Å². The first-order valence-corrected chi connectivity index (χ1v) is 9.44. The Morgan fingerprint density at radius 2 is 1.50 bits per heavy atom. The molecule has 5 heteroatoms. The number of unbranched alkanes of at least 4 members (excludes halogenated alkanes) is 11. The average molecular weight is 339 g/mol. The van der Waals surface area contributed by atoms with E-state index in [1.807, 2.05) is 0 Å². The smallest absolute Gasteiger partial charge is 0.394 e. The highest BCUT2D eigenvalue weighted by molar-refractivity contribution is 5.86. The first kappa shape index (κ1) is 20.5. The lowest BCUT2D eigenvalue weighted by atomic mass is 10.1. The Balaban J connectivity index is 1.87. The minimum Gasteiger partial charge on any atom is -0.464 e. The van der Waals surface area contributed by atoms with Crippen LogP contribution >= 0.6 is 0 Å². The SMILES string of the molecule is CCCCCCCCCCCCCCOc1nc(C(=O)OC)co1. The van der Waals surface area contributed by atoms with E-state index in [4.69, 9.17) is 9.15 Å². The largest absolute Gasteiger partial charge is 0.464 e. The van der Waals surface area contributed by atoms with Gasteiger partial charge in [-0.25, -0.2) is 4.79 Å². The molecule has 0 amide bonds. The Bertz CT molecular complexity index is 431. The maximum Gasteiger partial charge on any atom is 0.394 e. The summed E-state index contributed by atoms with van der Waals surface area (Å²) in [5.74, 6) is -0.515. The third kappa shape index (κ3) is 9.58. The van der Waals surface area contributed by atoms with E-state index in [2.05, 4.69) is 16.6 Å². The van der Waals surface area contributed by atoms with Crippen molar-refractivity contribution in [2.24, 2.45) is 0 Å². The van der Waals surface area contributed by atoms with Gasteiger partial charge in [0.15, 0.2) is 5.69 Å². The fraction of sp³-hybridized carbons (Fsp3) is 0.789. The Morgan fingerprint density at radius 1 is 0.958 bits per heavy atom. The molecule has 1 heterocycles. The van der Waals surface area contributed by atoms with Crippen molar-refractivity contribution in [1.82, 2.24) is 4.98 Å². The number of esters is 1. The molecule has 0 aliphatic heterocycles. The van der Waals surface area contributed by atoms with Gasteiger partial charge in [0.25, 0.3) is 0 Å². The molecule has 0 saturated heterocycles. The van der Waals surface area contributed by atoms with Gasteiger partial charge in [0, 0.05) is 0 Å². The van der Waals surface area contributed by atoms with Crippen LogP contribution in [0.5, 0.6) is 6.08 Å². The second kappa shape index (κ2) is 13.9. The van der Waals surface area contributed by atoms with E-state index in [0.29, 0.717) is 6.61 Å². The summed E-state index contributed by atoms with van der Waals surface area (Å²) in [5.41, 5.74) is 0.141. The van der Waals surface area contributed by atoms with Gasteiger partial charge in [0.05, 0.1) is 13.7 Å². The Morgan fingerprint density at radius 3 is 2.04 bits per heavy atom. The van der Waals surface area contributed by atoms with Crippen LogP contribution in [-0.2, 0) is 4.74 Å². The molecule has 0 aromatic carbocycles. The Hall–Kier alpha value is -1.52. The molecule has 5 nitrogen and oxygen atoms in total. The highest BCUT2D eigenvalue weighted by atomic mass is 16.6. The number of nitrogens with zero attached hydrogens (tertiary/aromatic N) is 1. The number of carbonyl (C=O) groups is 1. The van der Waals surface area contributed by atoms with Crippen LogP contribution in [0.2, 0.25) is 0 Å². The number of hydrogen-bond donors (Lipinski definition) is 0. The third-order valence-electron chi connectivity index (χ3n) is 4.10. The molecule has 1 aromatic rings. The monoisotopic (exact) mass is 339 g/mol. The van der Waals surface area contributed by atoms with Crippen molar-refractivity contribution in [3.8, 4) is 6.08 Å². The molecule has 138 valence electrons. The minimum absolute atomic E-state index is 0.137. The van der Waals surface area contributed by atoms with Crippen LogP contribution in [0, 0.1) is 0 Å². The predicted octanol–water partition coefficient (Wildman–Crippen LogP) is 5.54. The van der Waals surface area contributed by atoms with E-state index in [9.17, 15) is 4.79 Å². The summed E-state index contributed by atoms with van der Waals surface area (Å²) in [4.78, 5) is 15.1. The normalized spacial score (nSPS) is 10.8. The zero-order chi connectivity index (χ0) is 17.5. The standard InChI is InChI=1S/C19H33NO4/c1-3-4-5-6-7-8-9-10-11-12-13-14-15-23-19-20-17(16-24-19)18(21)22-2/h16H,3-15H2,1-2H3. The fourth-order valence-electron chi connectivity index (χ4n) is 2.62. The van der Waals surface area contributed by atoms with Crippen LogP contribution in [0.25, 0.3) is 0 Å². The van der Waals surface area contributed by atoms with Gasteiger partial charge in [-0.05, 0) is 6.42 Å². The van der Waals surface area contributed by atoms with E-state index in [-0.39, 0.29) is 11.8 Å². The predicted molar refractivity (Wildman–Crippen MR) is 94.4 cm³/mol. The number of oxazole rings is 1. The van der Waals surface area contributed by atoms with Crippen LogP contribution < -0.4 is 4.74 Å². The molecule has 0 radical (unpaired) electrons. The molecule has 0 N–H and O–H groups in total. The molecular formula is C19H33NO4. The van der Waals surface area contributed by atoms with Crippen molar-refractivity contribution in [2.45, 2.75) is 84.0 Å². The highest BCUT2D eigenvalue weighted by Gasteiger charge is 2.12. The number of hydrogen-bond acceptors (Lipinski definition) is 5. The van der Waals surface area contributed by atoms with Gasteiger partial charge in [-0.1, -0.05) is 77.6 Å². The minimum atomic E-state index is -0.515. The quantitative estimate of drug-likeness (QED) is 0.310. The van der Waals surface area contributed by atoms with E-state index >= 15 is 0 Å². The van der Waals surface area contributed by atoms with Crippen LogP contribution in [0.3, 0.4) is 0 Å². The molecule has 0 aliphatic carbocycles. The summed E-state index contributed by atoms with van der Waals surface area (Å²) in [6.07, 6.45) is 17.1. The number of carbonyl (C=O) groups excluding carboxylic acids is 1. The van der Waals surface area contributed by atoms with E-state index in [1.54, 1.807) is 0 Å². The van der Waals surface area contributed by atoms with Gasteiger partial charge in [-0.2, -0.15) is 4.98 Å². The molecule has 0 aliphatic rings. The van der Waals surface area contributed by atoms with Crippen LogP contribution in [0.15, 0.2) is 10.7 Å². The summed E-state index contributed by atoms with van der Waals surface area (Å²) >= 11 is 0. The van der Waals surface area contributed by atoms with Crippen molar-refractivity contribution >= 4 is 5.97 Å². The molecular weight excluding hydrogens is 306 g/mol. The van der Waals surface area contributed by atoms with Crippen molar-refractivity contribution in [3.63, 3.8) is 0 Å². The molecule has 0 saturated carbocycles. The molecule has 1 rings (SSSR count). The van der Waals surface area contributed by atoms with Crippen LogP contribution in [0.1, 0.15) is 94.5 Å². The Labute approximate surface area is 146 Å². The highest BCUT2D eigenvalue weighted by Crippen LogP contribution is 2.13. The summed E-state index contributed by atoms with van der Waals surface area (Å²) < 4.78 is 15.0. The molecule has 0 fully saturated rings. The van der Waals surface area contributed by atoms with Gasteiger partial charge in [0.1, 0.15) is 6.26 Å². The number of ether oxygens (including phenoxy) is 2. The lowest BCUT2D eigenvalue weighted by molar-refractivity contribution is 0.0593. The summed E-state index contributed by atoms with van der Waals surface area (Å²) in [7, 11) is 1.31. The molecule has 0 spiro atoms. The fourth-order valence-corrected chi connectivity index (χ4v) is 2.62. The maximum absolute atomic E-state index is 11.2.